The average molecular weight is 455 g/mol. The molecule has 8 heteroatoms. The molecular weight excluding hydrogens is 428 g/mol. The summed E-state index contributed by atoms with van der Waals surface area (Å²) in [7, 11) is 1.71. The number of methoxy groups -OCH3 is 1. The molecule has 0 saturated heterocycles. The first-order valence-electron chi connectivity index (χ1n) is 10.4. The van der Waals surface area contributed by atoms with Crippen molar-refractivity contribution >= 4 is 34.2 Å². The van der Waals surface area contributed by atoms with Crippen molar-refractivity contribution in [1.82, 2.24) is 20.4 Å². The van der Waals surface area contributed by atoms with Gasteiger partial charge >= 0.3 is 0 Å². The summed E-state index contributed by atoms with van der Waals surface area (Å²) in [5.41, 5.74) is 4.38. The SMILES string of the molecule is CCc1ccc(C2NC(=S)N(CCCOC)C(C)=C2c2nc(-c3cccs3)no2)cc1. The second kappa shape index (κ2) is 9.72. The van der Waals surface area contributed by atoms with Crippen molar-refractivity contribution in [1.29, 1.82) is 0 Å². The molecule has 162 valence electrons. The van der Waals surface area contributed by atoms with Crippen molar-refractivity contribution in [2.45, 2.75) is 32.7 Å². The van der Waals surface area contributed by atoms with Crippen LogP contribution in [0.4, 0.5) is 0 Å². The van der Waals surface area contributed by atoms with E-state index in [-0.39, 0.29) is 6.04 Å². The number of aromatic nitrogens is 2. The Morgan fingerprint density at radius 3 is 2.74 bits per heavy atom. The number of aryl methyl sites for hydroxylation is 1. The molecule has 31 heavy (non-hydrogen) atoms. The molecule has 4 rings (SSSR count). The summed E-state index contributed by atoms with van der Waals surface area (Å²) in [5.74, 6) is 1.11. The fraction of sp³-hybridized carbons (Fsp3) is 0.348. The number of hydrogen-bond acceptors (Lipinski definition) is 6. The molecule has 1 N–H and O–H groups in total. The minimum Gasteiger partial charge on any atom is -0.385 e. The third-order valence-electron chi connectivity index (χ3n) is 5.45. The standard InChI is InChI=1S/C23H26N4O2S2/c1-4-16-8-10-17(11-9-16)20-19(15(2)27(23(30)24-20)12-6-13-28-3)22-25-21(26-29-22)18-7-5-14-31-18/h5,7-11,14,20H,4,6,12-13H2,1-3H3,(H,24,30). The van der Waals surface area contributed by atoms with E-state index in [1.54, 1.807) is 18.4 Å². The Hall–Kier alpha value is -2.55. The van der Waals surface area contributed by atoms with E-state index in [2.05, 4.69) is 53.5 Å². The first kappa shape index (κ1) is 21.7. The van der Waals surface area contributed by atoms with Crippen LogP contribution in [0.2, 0.25) is 0 Å². The zero-order valence-electron chi connectivity index (χ0n) is 17.9. The maximum atomic E-state index is 5.76. The number of allylic oxidation sites excluding steroid dienone is 1. The molecule has 0 radical (unpaired) electrons. The minimum atomic E-state index is -0.159. The fourth-order valence-corrected chi connectivity index (χ4v) is 4.72. The van der Waals surface area contributed by atoms with Crippen LogP contribution in [0.3, 0.4) is 0 Å². The smallest absolute Gasteiger partial charge is 0.258 e. The predicted molar refractivity (Wildman–Crippen MR) is 128 cm³/mol. The number of thiophene rings is 1. The molecule has 1 atom stereocenters. The molecule has 2 aromatic heterocycles. The van der Waals surface area contributed by atoms with Gasteiger partial charge in [0.05, 0.1) is 16.5 Å². The predicted octanol–water partition coefficient (Wildman–Crippen LogP) is 5.06. The molecule has 1 aromatic carbocycles. The lowest BCUT2D eigenvalue weighted by atomic mass is 9.94. The van der Waals surface area contributed by atoms with Crippen LogP contribution < -0.4 is 5.32 Å². The van der Waals surface area contributed by atoms with Gasteiger partial charge in [-0.15, -0.1) is 11.3 Å². The quantitative estimate of drug-likeness (QED) is 0.377. The largest absolute Gasteiger partial charge is 0.385 e. The highest BCUT2D eigenvalue weighted by atomic mass is 32.1. The summed E-state index contributed by atoms with van der Waals surface area (Å²) in [4.78, 5) is 7.81. The number of benzene rings is 1. The molecule has 0 amide bonds. The molecule has 1 unspecified atom stereocenters. The van der Waals surface area contributed by atoms with Crippen molar-refractivity contribution in [3.05, 3.63) is 64.5 Å². The molecule has 0 bridgehead atoms. The normalized spacial score (nSPS) is 16.7. The Balaban J connectivity index is 1.75. The lowest BCUT2D eigenvalue weighted by Gasteiger charge is -2.37. The van der Waals surface area contributed by atoms with Gasteiger partial charge in [-0.05, 0) is 54.6 Å². The maximum absolute atomic E-state index is 5.76. The number of nitrogens with one attached hydrogen (secondary N) is 1. The molecule has 1 aliphatic rings. The second-order valence-corrected chi connectivity index (χ2v) is 8.71. The van der Waals surface area contributed by atoms with Crippen LogP contribution in [0.25, 0.3) is 16.3 Å². The molecule has 0 fully saturated rings. The average Bonchev–Trinajstić information content (AvgIpc) is 3.48. The van der Waals surface area contributed by atoms with Gasteiger partial charge in [-0.3, -0.25) is 0 Å². The van der Waals surface area contributed by atoms with Crippen molar-refractivity contribution < 1.29 is 9.26 Å². The van der Waals surface area contributed by atoms with Gasteiger partial charge in [0.25, 0.3) is 5.89 Å². The molecule has 0 saturated carbocycles. The monoisotopic (exact) mass is 454 g/mol. The van der Waals surface area contributed by atoms with Gasteiger partial charge in [-0.2, -0.15) is 4.98 Å². The van der Waals surface area contributed by atoms with Gasteiger partial charge in [-0.25, -0.2) is 0 Å². The summed E-state index contributed by atoms with van der Waals surface area (Å²) in [5, 5.41) is 10.4. The van der Waals surface area contributed by atoms with Crippen LogP contribution in [0.1, 0.15) is 43.3 Å². The third kappa shape index (κ3) is 4.56. The first-order chi connectivity index (χ1) is 15.1. The van der Waals surface area contributed by atoms with Crippen molar-refractivity contribution in [2.75, 3.05) is 20.3 Å². The maximum Gasteiger partial charge on any atom is 0.258 e. The Morgan fingerprint density at radius 1 is 1.26 bits per heavy atom. The van der Waals surface area contributed by atoms with E-state index < -0.39 is 0 Å². The van der Waals surface area contributed by atoms with E-state index in [1.165, 1.54) is 5.56 Å². The van der Waals surface area contributed by atoms with Gasteiger partial charge in [0.15, 0.2) is 5.11 Å². The molecule has 3 aromatic rings. The summed E-state index contributed by atoms with van der Waals surface area (Å²) in [6.07, 6.45) is 1.86. The van der Waals surface area contributed by atoms with E-state index >= 15 is 0 Å². The lowest BCUT2D eigenvalue weighted by molar-refractivity contribution is 0.188. The van der Waals surface area contributed by atoms with E-state index in [0.717, 1.165) is 41.1 Å². The fourth-order valence-electron chi connectivity index (χ4n) is 3.73. The van der Waals surface area contributed by atoms with Crippen LogP contribution in [0.5, 0.6) is 0 Å². The zero-order chi connectivity index (χ0) is 21.8. The summed E-state index contributed by atoms with van der Waals surface area (Å²) in [6, 6.07) is 12.4. The molecule has 3 heterocycles. The number of hydrogen-bond donors (Lipinski definition) is 1. The van der Waals surface area contributed by atoms with Crippen molar-refractivity contribution in [3.8, 4) is 10.7 Å². The molecule has 0 spiro atoms. The van der Waals surface area contributed by atoms with E-state index in [4.69, 9.17) is 26.5 Å². The summed E-state index contributed by atoms with van der Waals surface area (Å²) in [6.45, 7) is 5.65. The topological polar surface area (TPSA) is 63.4 Å². The Labute approximate surface area is 191 Å². The molecule has 6 nitrogen and oxygen atoms in total. The first-order valence-corrected chi connectivity index (χ1v) is 11.7. The number of nitrogens with zero attached hydrogens (tertiary/aromatic N) is 3. The highest BCUT2D eigenvalue weighted by Crippen LogP contribution is 2.37. The van der Waals surface area contributed by atoms with Gasteiger partial charge in [0.2, 0.25) is 5.82 Å². The van der Waals surface area contributed by atoms with E-state index in [9.17, 15) is 0 Å². The summed E-state index contributed by atoms with van der Waals surface area (Å²) >= 11 is 7.32. The van der Waals surface area contributed by atoms with Gasteiger partial charge < -0.3 is 19.5 Å². The Bertz CT molecular complexity index is 1060. The Morgan fingerprint density at radius 2 is 2.06 bits per heavy atom. The molecule has 0 aliphatic carbocycles. The number of ether oxygens (including phenoxy) is 1. The van der Waals surface area contributed by atoms with Gasteiger partial charge in [0, 0.05) is 26.0 Å². The van der Waals surface area contributed by atoms with E-state index in [0.29, 0.717) is 23.4 Å². The number of rotatable bonds is 8. The molecular formula is C23H26N4O2S2. The van der Waals surface area contributed by atoms with Gasteiger partial charge in [0.1, 0.15) is 0 Å². The second-order valence-electron chi connectivity index (χ2n) is 7.38. The Kier molecular flexibility index (Phi) is 6.80. The van der Waals surface area contributed by atoms with Crippen LogP contribution in [-0.2, 0) is 11.2 Å². The lowest BCUT2D eigenvalue weighted by Crippen LogP contribution is -2.46. The molecule has 1 aliphatic heterocycles. The zero-order valence-corrected chi connectivity index (χ0v) is 19.6. The highest BCUT2D eigenvalue weighted by molar-refractivity contribution is 7.80. The minimum absolute atomic E-state index is 0.159. The van der Waals surface area contributed by atoms with Crippen LogP contribution in [0, 0.1) is 0 Å². The van der Waals surface area contributed by atoms with Crippen molar-refractivity contribution in [2.24, 2.45) is 0 Å². The highest BCUT2D eigenvalue weighted by Gasteiger charge is 2.33. The van der Waals surface area contributed by atoms with Crippen LogP contribution in [0.15, 0.2) is 52.0 Å². The van der Waals surface area contributed by atoms with E-state index in [1.807, 2.05) is 17.5 Å². The third-order valence-corrected chi connectivity index (χ3v) is 6.65. The van der Waals surface area contributed by atoms with Crippen LogP contribution >= 0.6 is 23.6 Å². The van der Waals surface area contributed by atoms with Crippen LogP contribution in [-0.4, -0.2) is 40.4 Å². The number of thiocarbonyl (C=S) groups is 1. The van der Waals surface area contributed by atoms with Gasteiger partial charge in [-0.1, -0.05) is 42.4 Å². The van der Waals surface area contributed by atoms with Crippen molar-refractivity contribution in [3.63, 3.8) is 0 Å². The summed E-state index contributed by atoms with van der Waals surface area (Å²) < 4.78 is 11.0.